The van der Waals surface area contributed by atoms with E-state index >= 15 is 0 Å². The first-order valence-corrected chi connectivity index (χ1v) is 10.6. The zero-order valence-corrected chi connectivity index (χ0v) is 17.9. The van der Waals surface area contributed by atoms with Crippen LogP contribution in [0.5, 0.6) is 5.75 Å². The molecule has 6 nitrogen and oxygen atoms in total. The van der Waals surface area contributed by atoms with Gasteiger partial charge >= 0.3 is 0 Å². The third-order valence-electron chi connectivity index (χ3n) is 6.12. The number of ether oxygens (including phenoxy) is 1. The maximum Gasteiger partial charge on any atom is 0.137 e. The van der Waals surface area contributed by atoms with Gasteiger partial charge in [-0.3, -0.25) is 4.90 Å². The SMILES string of the molecule is COc1ccc(CN2CCCC(CO)(Cc3ccc(F)cc3)C2)cc1Cn1cncn1. The lowest BCUT2D eigenvalue weighted by Crippen LogP contribution is -2.46. The number of hydrogen-bond donors (Lipinski definition) is 1. The third-order valence-corrected chi connectivity index (χ3v) is 6.12. The van der Waals surface area contributed by atoms with Crippen LogP contribution in [0.3, 0.4) is 0 Å². The van der Waals surface area contributed by atoms with Crippen LogP contribution in [0.2, 0.25) is 0 Å². The summed E-state index contributed by atoms with van der Waals surface area (Å²) in [6.07, 6.45) is 5.98. The molecule has 1 unspecified atom stereocenters. The molecule has 1 fully saturated rings. The molecule has 2 aromatic carbocycles. The second kappa shape index (κ2) is 9.58. The fraction of sp³-hybridized carbons (Fsp3) is 0.417. The third kappa shape index (κ3) is 5.29. The Morgan fingerprint density at radius 1 is 1.13 bits per heavy atom. The molecule has 0 saturated carbocycles. The van der Waals surface area contributed by atoms with E-state index in [1.165, 1.54) is 24.0 Å². The topological polar surface area (TPSA) is 63.4 Å². The Bertz CT molecular complexity index is 978. The van der Waals surface area contributed by atoms with Crippen LogP contribution in [-0.4, -0.2) is 51.6 Å². The second-order valence-electron chi connectivity index (χ2n) is 8.51. The minimum absolute atomic E-state index is 0.126. The van der Waals surface area contributed by atoms with Crippen LogP contribution in [0.15, 0.2) is 55.1 Å². The number of halogens is 1. The van der Waals surface area contributed by atoms with Crippen LogP contribution < -0.4 is 4.74 Å². The van der Waals surface area contributed by atoms with Gasteiger partial charge in [-0.25, -0.2) is 14.1 Å². The van der Waals surface area contributed by atoms with E-state index < -0.39 is 0 Å². The summed E-state index contributed by atoms with van der Waals surface area (Å²) in [6.45, 7) is 3.34. The molecule has 0 spiro atoms. The van der Waals surface area contributed by atoms with E-state index in [1.54, 1.807) is 18.1 Å². The first-order valence-electron chi connectivity index (χ1n) is 10.6. The Morgan fingerprint density at radius 2 is 1.94 bits per heavy atom. The summed E-state index contributed by atoms with van der Waals surface area (Å²) < 4.78 is 20.6. The summed E-state index contributed by atoms with van der Waals surface area (Å²) in [7, 11) is 1.68. The zero-order chi connectivity index (χ0) is 21.7. The van der Waals surface area contributed by atoms with Gasteiger partial charge in [-0.15, -0.1) is 0 Å². The van der Waals surface area contributed by atoms with Crippen molar-refractivity contribution in [1.82, 2.24) is 19.7 Å². The summed E-state index contributed by atoms with van der Waals surface area (Å²) in [5.74, 6) is 0.604. The lowest BCUT2D eigenvalue weighted by atomic mass is 9.75. The fourth-order valence-corrected chi connectivity index (χ4v) is 4.61. The number of likely N-dealkylation sites (tertiary alicyclic amines) is 1. The quantitative estimate of drug-likeness (QED) is 0.601. The highest BCUT2D eigenvalue weighted by Gasteiger charge is 2.35. The van der Waals surface area contributed by atoms with E-state index in [2.05, 4.69) is 27.1 Å². The van der Waals surface area contributed by atoms with Gasteiger partial charge in [0.2, 0.25) is 0 Å². The van der Waals surface area contributed by atoms with Gasteiger partial charge in [-0.05, 0) is 61.2 Å². The van der Waals surface area contributed by atoms with Crippen molar-refractivity contribution >= 4 is 0 Å². The Morgan fingerprint density at radius 3 is 2.65 bits per heavy atom. The van der Waals surface area contributed by atoms with E-state index in [9.17, 15) is 9.50 Å². The van der Waals surface area contributed by atoms with Crippen molar-refractivity contribution in [3.8, 4) is 5.75 Å². The zero-order valence-electron chi connectivity index (χ0n) is 17.9. The largest absolute Gasteiger partial charge is 0.496 e. The number of methoxy groups -OCH3 is 1. The van der Waals surface area contributed by atoms with Crippen molar-refractivity contribution in [3.05, 3.63) is 77.6 Å². The number of aliphatic hydroxyl groups excluding tert-OH is 1. The van der Waals surface area contributed by atoms with Gasteiger partial charge in [0.05, 0.1) is 20.3 Å². The molecule has 2 heterocycles. The Labute approximate surface area is 182 Å². The van der Waals surface area contributed by atoms with E-state index in [0.29, 0.717) is 6.54 Å². The van der Waals surface area contributed by atoms with E-state index in [-0.39, 0.29) is 17.8 Å². The highest BCUT2D eigenvalue weighted by atomic mass is 19.1. The Kier molecular flexibility index (Phi) is 6.63. The average molecular weight is 425 g/mol. The number of piperidine rings is 1. The lowest BCUT2D eigenvalue weighted by Gasteiger charge is -2.42. The van der Waals surface area contributed by atoms with Crippen molar-refractivity contribution < 1.29 is 14.2 Å². The van der Waals surface area contributed by atoms with Gasteiger partial charge in [0.1, 0.15) is 24.2 Å². The van der Waals surface area contributed by atoms with Crippen molar-refractivity contribution in [3.63, 3.8) is 0 Å². The smallest absolute Gasteiger partial charge is 0.137 e. The molecule has 4 rings (SSSR count). The minimum atomic E-state index is -0.228. The van der Waals surface area contributed by atoms with Gasteiger partial charge in [-0.1, -0.05) is 18.2 Å². The highest BCUT2D eigenvalue weighted by Crippen LogP contribution is 2.34. The molecule has 164 valence electrons. The number of aliphatic hydroxyl groups is 1. The van der Waals surface area contributed by atoms with Gasteiger partial charge in [0.15, 0.2) is 0 Å². The molecule has 0 amide bonds. The molecular weight excluding hydrogens is 395 g/mol. The first kappa shape index (κ1) is 21.5. The molecule has 1 aromatic heterocycles. The molecule has 7 heteroatoms. The minimum Gasteiger partial charge on any atom is -0.496 e. The number of nitrogens with zero attached hydrogens (tertiary/aromatic N) is 4. The number of hydrogen-bond acceptors (Lipinski definition) is 5. The summed E-state index contributed by atoms with van der Waals surface area (Å²) in [5.41, 5.74) is 3.12. The van der Waals surface area contributed by atoms with Crippen LogP contribution in [0.1, 0.15) is 29.5 Å². The first-order chi connectivity index (χ1) is 15.1. The number of benzene rings is 2. The van der Waals surface area contributed by atoms with Gasteiger partial charge < -0.3 is 9.84 Å². The number of aromatic nitrogens is 3. The van der Waals surface area contributed by atoms with Crippen molar-refractivity contribution in [2.75, 3.05) is 26.8 Å². The van der Waals surface area contributed by atoms with Crippen LogP contribution in [0, 0.1) is 11.2 Å². The summed E-state index contributed by atoms with van der Waals surface area (Å²) in [4.78, 5) is 6.42. The lowest BCUT2D eigenvalue weighted by molar-refractivity contribution is 0.0288. The molecule has 1 aliphatic heterocycles. The standard InChI is InChI=1S/C24H29FN4O2/c1-31-23-8-5-20(11-21(23)14-29-18-26-17-27-29)13-28-10-2-9-24(15-28,16-30)12-19-3-6-22(25)7-4-19/h3-8,11,17-18,30H,2,9-10,12-16H2,1H3. The summed E-state index contributed by atoms with van der Waals surface area (Å²) >= 11 is 0. The molecule has 1 saturated heterocycles. The molecule has 1 atom stereocenters. The predicted molar refractivity (Wildman–Crippen MR) is 116 cm³/mol. The molecule has 0 bridgehead atoms. The van der Waals surface area contributed by atoms with Gasteiger partial charge in [0.25, 0.3) is 0 Å². The fourth-order valence-electron chi connectivity index (χ4n) is 4.61. The number of rotatable bonds is 8. The Hall–Kier alpha value is -2.77. The van der Waals surface area contributed by atoms with Crippen molar-refractivity contribution in [1.29, 1.82) is 0 Å². The van der Waals surface area contributed by atoms with Crippen LogP contribution in [0.25, 0.3) is 0 Å². The van der Waals surface area contributed by atoms with Crippen LogP contribution in [-0.2, 0) is 19.5 Å². The van der Waals surface area contributed by atoms with E-state index in [0.717, 1.165) is 55.8 Å². The molecule has 1 aliphatic rings. The second-order valence-corrected chi connectivity index (χ2v) is 8.51. The van der Waals surface area contributed by atoms with E-state index in [4.69, 9.17) is 4.74 Å². The maximum absolute atomic E-state index is 13.3. The molecular formula is C24H29FN4O2. The predicted octanol–water partition coefficient (Wildman–Crippen LogP) is 3.29. The van der Waals surface area contributed by atoms with Gasteiger partial charge in [0, 0.05) is 24.1 Å². The molecule has 31 heavy (non-hydrogen) atoms. The normalized spacial score (nSPS) is 19.5. The van der Waals surface area contributed by atoms with Crippen LogP contribution in [0.4, 0.5) is 4.39 Å². The Balaban J connectivity index is 1.47. The summed E-state index contributed by atoms with van der Waals surface area (Å²) in [5, 5.41) is 14.5. The summed E-state index contributed by atoms with van der Waals surface area (Å²) in [6, 6.07) is 12.9. The van der Waals surface area contributed by atoms with Crippen molar-refractivity contribution in [2.45, 2.75) is 32.4 Å². The molecule has 0 aliphatic carbocycles. The monoisotopic (exact) mass is 424 g/mol. The van der Waals surface area contributed by atoms with Gasteiger partial charge in [-0.2, -0.15) is 5.10 Å². The maximum atomic E-state index is 13.3. The molecule has 3 aromatic rings. The van der Waals surface area contributed by atoms with E-state index in [1.807, 2.05) is 18.2 Å². The van der Waals surface area contributed by atoms with Crippen molar-refractivity contribution in [2.24, 2.45) is 5.41 Å². The molecule has 0 radical (unpaired) electrons. The average Bonchev–Trinajstić information content (AvgIpc) is 3.29. The highest BCUT2D eigenvalue weighted by molar-refractivity contribution is 5.37. The van der Waals surface area contributed by atoms with Crippen LogP contribution >= 0.6 is 0 Å². The molecule has 1 N–H and O–H groups in total.